The largest absolute Gasteiger partial charge is 0.384 e. The van der Waals surface area contributed by atoms with E-state index >= 15 is 0 Å². The van der Waals surface area contributed by atoms with Gasteiger partial charge in [0.2, 0.25) is 0 Å². The van der Waals surface area contributed by atoms with Crippen molar-refractivity contribution in [1.82, 2.24) is 0 Å². The van der Waals surface area contributed by atoms with Gasteiger partial charge in [-0.1, -0.05) is 12.1 Å². The SMILES string of the molecule is [C-]#[N+]C(c1cccc([N+](=O)[O-])c1)C(O)CC#C. The zero-order valence-electron chi connectivity index (χ0n) is 8.91. The standard InChI is InChI=1S/C12H10N2O3/c1-3-5-11(15)12(13-2)9-6-4-7-10(8-9)14(16)17/h1,4,6-8,11-12,15H,5H2. The van der Waals surface area contributed by atoms with Crippen molar-refractivity contribution in [2.24, 2.45) is 0 Å². The van der Waals surface area contributed by atoms with Crippen LogP contribution in [0, 0.1) is 29.0 Å². The highest BCUT2D eigenvalue weighted by Crippen LogP contribution is 2.26. The Hall–Kier alpha value is -2.37. The first-order chi connectivity index (χ1) is 8.10. The van der Waals surface area contributed by atoms with Crippen molar-refractivity contribution in [3.8, 4) is 12.3 Å². The van der Waals surface area contributed by atoms with E-state index in [4.69, 9.17) is 13.0 Å². The molecule has 0 saturated heterocycles. The lowest BCUT2D eigenvalue weighted by Gasteiger charge is -2.10. The van der Waals surface area contributed by atoms with Gasteiger partial charge in [0.25, 0.3) is 11.7 Å². The Morgan fingerprint density at radius 2 is 2.35 bits per heavy atom. The molecule has 0 aliphatic rings. The summed E-state index contributed by atoms with van der Waals surface area (Å²) in [4.78, 5) is 13.3. The molecule has 5 heteroatoms. The van der Waals surface area contributed by atoms with Crippen LogP contribution in [0.2, 0.25) is 0 Å². The quantitative estimate of drug-likeness (QED) is 0.372. The molecule has 1 aromatic rings. The molecule has 5 nitrogen and oxygen atoms in total. The average molecular weight is 230 g/mol. The van der Waals surface area contributed by atoms with Gasteiger partial charge in [0.15, 0.2) is 0 Å². The number of hydrogen-bond donors (Lipinski definition) is 1. The summed E-state index contributed by atoms with van der Waals surface area (Å²) >= 11 is 0. The molecule has 86 valence electrons. The summed E-state index contributed by atoms with van der Waals surface area (Å²) in [5.74, 6) is 2.26. The van der Waals surface area contributed by atoms with Crippen LogP contribution >= 0.6 is 0 Å². The number of aliphatic hydroxyl groups is 1. The highest BCUT2D eigenvalue weighted by molar-refractivity contribution is 5.37. The van der Waals surface area contributed by atoms with E-state index in [9.17, 15) is 15.2 Å². The Morgan fingerprint density at radius 1 is 1.65 bits per heavy atom. The topological polar surface area (TPSA) is 67.7 Å². The summed E-state index contributed by atoms with van der Waals surface area (Å²) in [5.41, 5.74) is 0.293. The van der Waals surface area contributed by atoms with E-state index in [-0.39, 0.29) is 12.1 Å². The van der Waals surface area contributed by atoms with Gasteiger partial charge in [0.05, 0.1) is 4.92 Å². The third-order valence-electron chi connectivity index (χ3n) is 2.25. The summed E-state index contributed by atoms with van der Waals surface area (Å²) < 4.78 is 0. The number of nitro benzene ring substituents is 1. The van der Waals surface area contributed by atoms with E-state index in [1.165, 1.54) is 18.2 Å². The molecule has 0 spiro atoms. The van der Waals surface area contributed by atoms with Gasteiger partial charge < -0.3 is 9.95 Å². The number of non-ortho nitro benzene ring substituents is 1. The lowest BCUT2D eigenvalue weighted by molar-refractivity contribution is -0.384. The predicted octanol–water partition coefficient (Wildman–Crippen LogP) is 1.94. The van der Waals surface area contributed by atoms with Crippen LogP contribution in [0.5, 0.6) is 0 Å². The molecule has 0 radical (unpaired) electrons. The normalized spacial score (nSPS) is 13.1. The third kappa shape index (κ3) is 3.04. The van der Waals surface area contributed by atoms with E-state index in [0.717, 1.165) is 0 Å². The molecule has 17 heavy (non-hydrogen) atoms. The molecular formula is C12H10N2O3. The van der Waals surface area contributed by atoms with Gasteiger partial charge in [-0.05, 0) is 0 Å². The number of nitrogens with zero attached hydrogens (tertiary/aromatic N) is 2. The molecule has 0 heterocycles. The van der Waals surface area contributed by atoms with Crippen LogP contribution in [0.15, 0.2) is 24.3 Å². The van der Waals surface area contributed by atoms with Crippen LogP contribution < -0.4 is 0 Å². The number of hydrogen-bond acceptors (Lipinski definition) is 3. The van der Waals surface area contributed by atoms with Crippen LogP contribution in [0.3, 0.4) is 0 Å². The molecule has 0 aliphatic heterocycles. The maximum absolute atomic E-state index is 10.6. The molecule has 2 unspecified atom stereocenters. The number of rotatable bonds is 4. The molecule has 0 saturated carbocycles. The molecule has 0 fully saturated rings. The van der Waals surface area contributed by atoms with Crippen molar-refractivity contribution in [2.45, 2.75) is 18.6 Å². The Labute approximate surface area is 98.7 Å². The second-order valence-corrected chi connectivity index (χ2v) is 3.40. The smallest absolute Gasteiger partial charge is 0.275 e. The van der Waals surface area contributed by atoms with Crippen molar-refractivity contribution in [3.05, 3.63) is 51.4 Å². The Kier molecular flexibility index (Phi) is 4.21. The second-order valence-electron chi connectivity index (χ2n) is 3.40. The minimum absolute atomic E-state index is 0.0374. The number of benzene rings is 1. The molecule has 1 aromatic carbocycles. The Bertz CT molecular complexity index is 499. The highest BCUT2D eigenvalue weighted by Gasteiger charge is 2.26. The van der Waals surface area contributed by atoms with Gasteiger partial charge in [0, 0.05) is 24.1 Å². The summed E-state index contributed by atoms with van der Waals surface area (Å²) in [6.07, 6.45) is 4.08. The summed E-state index contributed by atoms with van der Waals surface area (Å²) in [5, 5.41) is 20.3. The van der Waals surface area contributed by atoms with Gasteiger partial charge in [-0.2, -0.15) is 0 Å². The van der Waals surface area contributed by atoms with Crippen molar-refractivity contribution in [2.75, 3.05) is 0 Å². The van der Waals surface area contributed by atoms with Gasteiger partial charge >= 0.3 is 0 Å². The average Bonchev–Trinajstić information content (AvgIpc) is 2.30. The van der Waals surface area contributed by atoms with E-state index in [1.807, 2.05) is 0 Å². The molecule has 0 aliphatic carbocycles. The van der Waals surface area contributed by atoms with E-state index in [0.29, 0.717) is 5.56 Å². The fraction of sp³-hybridized carbons (Fsp3) is 0.250. The van der Waals surface area contributed by atoms with Crippen molar-refractivity contribution in [3.63, 3.8) is 0 Å². The van der Waals surface area contributed by atoms with Crippen molar-refractivity contribution in [1.29, 1.82) is 0 Å². The lowest BCUT2D eigenvalue weighted by atomic mass is 10.00. The van der Waals surface area contributed by atoms with E-state index in [1.54, 1.807) is 6.07 Å². The summed E-state index contributed by atoms with van der Waals surface area (Å²) in [6, 6.07) is 4.79. The molecular weight excluding hydrogens is 220 g/mol. The zero-order chi connectivity index (χ0) is 12.8. The summed E-state index contributed by atoms with van der Waals surface area (Å²) in [6.45, 7) is 7.01. The second kappa shape index (κ2) is 5.64. The highest BCUT2D eigenvalue weighted by atomic mass is 16.6. The maximum atomic E-state index is 10.6. The molecule has 1 N–H and O–H groups in total. The predicted molar refractivity (Wildman–Crippen MR) is 61.9 cm³/mol. The third-order valence-corrected chi connectivity index (χ3v) is 2.25. The van der Waals surface area contributed by atoms with Crippen LogP contribution in [0.4, 0.5) is 5.69 Å². The minimum Gasteiger partial charge on any atom is -0.384 e. The fourth-order valence-electron chi connectivity index (χ4n) is 1.44. The minimum atomic E-state index is -1.01. The Balaban J connectivity index is 3.05. The van der Waals surface area contributed by atoms with Crippen molar-refractivity contribution >= 4 is 5.69 Å². The monoisotopic (exact) mass is 230 g/mol. The van der Waals surface area contributed by atoms with Gasteiger partial charge in [-0.3, -0.25) is 10.1 Å². The van der Waals surface area contributed by atoms with Crippen LogP contribution in [-0.2, 0) is 0 Å². The zero-order valence-corrected chi connectivity index (χ0v) is 8.91. The van der Waals surface area contributed by atoms with Crippen molar-refractivity contribution < 1.29 is 10.0 Å². The van der Waals surface area contributed by atoms with Crippen LogP contribution in [-0.4, -0.2) is 16.1 Å². The molecule has 1 rings (SSSR count). The van der Waals surface area contributed by atoms with Gasteiger partial charge in [-0.15, -0.1) is 12.3 Å². The molecule has 0 amide bonds. The van der Waals surface area contributed by atoms with Crippen LogP contribution in [0.25, 0.3) is 4.85 Å². The first-order valence-corrected chi connectivity index (χ1v) is 4.82. The van der Waals surface area contributed by atoms with Gasteiger partial charge in [-0.25, -0.2) is 6.57 Å². The fourth-order valence-corrected chi connectivity index (χ4v) is 1.44. The molecule has 0 aromatic heterocycles. The van der Waals surface area contributed by atoms with E-state index < -0.39 is 17.1 Å². The first kappa shape index (κ1) is 12.7. The molecule has 2 atom stereocenters. The summed E-state index contributed by atoms with van der Waals surface area (Å²) in [7, 11) is 0. The number of aliphatic hydroxyl groups excluding tert-OH is 1. The number of nitro groups is 1. The lowest BCUT2D eigenvalue weighted by Crippen LogP contribution is -2.15. The first-order valence-electron chi connectivity index (χ1n) is 4.82. The van der Waals surface area contributed by atoms with Crippen LogP contribution in [0.1, 0.15) is 18.0 Å². The Morgan fingerprint density at radius 3 is 2.88 bits per heavy atom. The maximum Gasteiger partial charge on any atom is 0.275 e. The molecule has 0 bridgehead atoms. The van der Waals surface area contributed by atoms with Gasteiger partial charge in [0.1, 0.15) is 6.10 Å². The van der Waals surface area contributed by atoms with E-state index in [2.05, 4.69) is 10.8 Å². The number of terminal acetylenes is 1.